The Morgan fingerprint density at radius 1 is 1.03 bits per heavy atom. The van der Waals surface area contributed by atoms with Gasteiger partial charge in [0.2, 0.25) is 0 Å². The van der Waals surface area contributed by atoms with Gasteiger partial charge in [0, 0.05) is 24.0 Å². The molecule has 1 aliphatic heterocycles. The average molecular weight is 528 g/mol. The molecule has 0 aromatic heterocycles. The lowest BCUT2D eigenvalue weighted by Gasteiger charge is -2.50. The first-order valence-corrected chi connectivity index (χ1v) is 11.5. The summed E-state index contributed by atoms with van der Waals surface area (Å²) in [6, 6.07) is 6.43. The molecule has 0 unspecified atom stereocenters. The first-order chi connectivity index (χ1) is 16.3. The molecule has 1 heterocycles. The molecule has 194 valence electrons. The molecule has 2 aromatic carbocycles. The summed E-state index contributed by atoms with van der Waals surface area (Å²) in [5.41, 5.74) is -4.15. The molecule has 0 bridgehead atoms. The van der Waals surface area contributed by atoms with Gasteiger partial charge in [0.15, 0.2) is 5.72 Å². The van der Waals surface area contributed by atoms with Gasteiger partial charge < -0.3 is 9.47 Å². The monoisotopic (exact) mass is 527 g/mol. The standard InChI is InChI=1S/C24H25ClF7NO2/c1-3-21(13-25)33-8-9-34-14-22(33,17-4-6-20(26)7-5-17)35-15(2)16-10-18(23(27,28)29)12-19(11-16)24(30,31)32/h4-7,10-12,15,21H,3,8-9,13-14H2,1-2H3/t15-,21-,22-/m1/s1. The normalized spacial score (nSPS) is 21.7. The Morgan fingerprint density at radius 2 is 1.60 bits per heavy atom. The molecular formula is C24H25ClF7NO2. The van der Waals surface area contributed by atoms with E-state index < -0.39 is 41.1 Å². The molecule has 1 saturated heterocycles. The number of alkyl halides is 7. The lowest BCUT2D eigenvalue weighted by atomic mass is 9.96. The molecule has 0 spiro atoms. The van der Waals surface area contributed by atoms with Gasteiger partial charge in [-0.25, -0.2) is 4.39 Å². The van der Waals surface area contributed by atoms with Crippen molar-refractivity contribution in [2.24, 2.45) is 0 Å². The minimum Gasteiger partial charge on any atom is -0.375 e. The van der Waals surface area contributed by atoms with Crippen LogP contribution in [0.2, 0.25) is 0 Å². The fourth-order valence-corrected chi connectivity index (χ4v) is 4.62. The third-order valence-electron chi connectivity index (χ3n) is 6.07. The maximum Gasteiger partial charge on any atom is 0.416 e. The molecule has 0 radical (unpaired) electrons. The van der Waals surface area contributed by atoms with Crippen LogP contribution in [0.15, 0.2) is 42.5 Å². The molecule has 0 N–H and O–H groups in total. The molecule has 35 heavy (non-hydrogen) atoms. The van der Waals surface area contributed by atoms with Gasteiger partial charge in [0.05, 0.1) is 30.4 Å². The third kappa shape index (κ3) is 6.10. The highest BCUT2D eigenvalue weighted by molar-refractivity contribution is 6.18. The molecule has 1 fully saturated rings. The lowest BCUT2D eigenvalue weighted by molar-refractivity contribution is -0.258. The van der Waals surface area contributed by atoms with E-state index in [2.05, 4.69) is 0 Å². The third-order valence-corrected chi connectivity index (χ3v) is 6.43. The van der Waals surface area contributed by atoms with Gasteiger partial charge in [-0.15, -0.1) is 11.6 Å². The summed E-state index contributed by atoms with van der Waals surface area (Å²) in [5.74, 6) is -0.323. The molecule has 11 heteroatoms. The van der Waals surface area contributed by atoms with Gasteiger partial charge in [-0.1, -0.05) is 19.1 Å². The van der Waals surface area contributed by atoms with Gasteiger partial charge in [0.25, 0.3) is 0 Å². The van der Waals surface area contributed by atoms with E-state index in [1.54, 1.807) is 0 Å². The summed E-state index contributed by atoms with van der Waals surface area (Å²) in [6.07, 6.45) is -10.6. The Balaban J connectivity index is 2.12. The minimum atomic E-state index is -4.99. The number of halogens is 8. The number of hydrogen-bond acceptors (Lipinski definition) is 3. The first kappa shape index (κ1) is 27.7. The highest BCUT2D eigenvalue weighted by atomic mass is 35.5. The van der Waals surface area contributed by atoms with Gasteiger partial charge in [0.1, 0.15) is 5.82 Å². The Kier molecular flexibility index (Phi) is 8.41. The molecule has 0 amide bonds. The highest BCUT2D eigenvalue weighted by Crippen LogP contribution is 2.42. The second kappa shape index (κ2) is 10.6. The van der Waals surface area contributed by atoms with E-state index in [1.165, 1.54) is 31.2 Å². The zero-order valence-electron chi connectivity index (χ0n) is 19.0. The summed E-state index contributed by atoms with van der Waals surface area (Å²) >= 11 is 6.19. The van der Waals surface area contributed by atoms with E-state index in [9.17, 15) is 30.7 Å². The quantitative estimate of drug-likeness (QED) is 0.282. The molecule has 3 rings (SSSR count). The number of nitrogens with zero attached hydrogens (tertiary/aromatic N) is 1. The number of morpholine rings is 1. The van der Waals surface area contributed by atoms with Crippen molar-refractivity contribution in [3.63, 3.8) is 0 Å². The summed E-state index contributed by atoms with van der Waals surface area (Å²) < 4.78 is 106. The molecule has 3 nitrogen and oxygen atoms in total. The van der Waals surface area contributed by atoms with E-state index in [0.29, 0.717) is 37.3 Å². The van der Waals surface area contributed by atoms with Crippen molar-refractivity contribution in [1.29, 1.82) is 0 Å². The average Bonchev–Trinajstić information content (AvgIpc) is 2.80. The summed E-state index contributed by atoms with van der Waals surface area (Å²) in [4.78, 5) is 1.88. The van der Waals surface area contributed by atoms with Crippen LogP contribution in [0.1, 0.15) is 48.6 Å². The number of ether oxygens (including phenoxy) is 2. The van der Waals surface area contributed by atoms with E-state index in [0.717, 1.165) is 0 Å². The predicted molar refractivity (Wildman–Crippen MR) is 116 cm³/mol. The predicted octanol–water partition coefficient (Wildman–Crippen LogP) is 7.14. The van der Waals surface area contributed by atoms with Crippen LogP contribution in [0.5, 0.6) is 0 Å². The van der Waals surface area contributed by atoms with Crippen LogP contribution in [-0.2, 0) is 27.6 Å². The summed E-state index contributed by atoms with van der Waals surface area (Å²) in [6.45, 7) is 3.84. The largest absolute Gasteiger partial charge is 0.416 e. The fourth-order valence-electron chi connectivity index (χ4n) is 4.23. The Bertz CT molecular complexity index is 961. The van der Waals surface area contributed by atoms with Crippen molar-refractivity contribution in [2.45, 2.75) is 50.5 Å². The van der Waals surface area contributed by atoms with E-state index in [1.807, 2.05) is 11.8 Å². The summed E-state index contributed by atoms with van der Waals surface area (Å²) in [5, 5.41) is 0. The maximum absolute atomic E-state index is 13.7. The zero-order valence-corrected chi connectivity index (χ0v) is 19.8. The second-order valence-corrected chi connectivity index (χ2v) is 8.66. The van der Waals surface area contributed by atoms with Crippen molar-refractivity contribution in [3.8, 4) is 0 Å². The first-order valence-electron chi connectivity index (χ1n) is 11.0. The molecular weight excluding hydrogens is 503 g/mol. The van der Waals surface area contributed by atoms with Crippen molar-refractivity contribution >= 4 is 11.6 Å². The van der Waals surface area contributed by atoms with Gasteiger partial charge in [-0.2, -0.15) is 26.3 Å². The van der Waals surface area contributed by atoms with Crippen LogP contribution >= 0.6 is 11.6 Å². The lowest BCUT2D eigenvalue weighted by Crippen LogP contribution is -2.60. The Hall–Kier alpha value is -1.88. The molecule has 0 aliphatic carbocycles. The van der Waals surface area contributed by atoms with Crippen LogP contribution in [0.25, 0.3) is 0 Å². The van der Waals surface area contributed by atoms with Crippen molar-refractivity contribution in [1.82, 2.24) is 4.90 Å². The zero-order chi connectivity index (χ0) is 26.0. The van der Waals surface area contributed by atoms with E-state index in [-0.39, 0.29) is 30.2 Å². The summed E-state index contributed by atoms with van der Waals surface area (Å²) in [7, 11) is 0. The van der Waals surface area contributed by atoms with Crippen molar-refractivity contribution < 1.29 is 40.2 Å². The Morgan fingerprint density at radius 3 is 2.09 bits per heavy atom. The highest BCUT2D eigenvalue weighted by Gasteiger charge is 2.47. The van der Waals surface area contributed by atoms with Gasteiger partial charge in [-0.05, 0) is 49.2 Å². The van der Waals surface area contributed by atoms with Gasteiger partial charge >= 0.3 is 12.4 Å². The maximum atomic E-state index is 13.7. The molecule has 2 aromatic rings. The SMILES string of the molecule is CC[C@H](CCl)N1CCOC[C@@]1(O[C@H](C)c1cc(C(F)(F)F)cc(C(F)(F)F)c1)c1ccc(F)cc1. The van der Waals surface area contributed by atoms with Crippen LogP contribution in [0, 0.1) is 5.82 Å². The van der Waals surface area contributed by atoms with Crippen molar-refractivity contribution in [2.75, 3.05) is 25.6 Å². The number of hydrogen-bond donors (Lipinski definition) is 0. The topological polar surface area (TPSA) is 21.7 Å². The van der Waals surface area contributed by atoms with Crippen molar-refractivity contribution in [3.05, 3.63) is 70.5 Å². The minimum absolute atomic E-state index is 0.0720. The number of rotatable bonds is 7. The van der Waals surface area contributed by atoms with E-state index in [4.69, 9.17) is 21.1 Å². The number of benzene rings is 2. The van der Waals surface area contributed by atoms with E-state index >= 15 is 0 Å². The Labute approximate surface area is 203 Å². The second-order valence-electron chi connectivity index (χ2n) is 8.35. The van der Waals surface area contributed by atoms with Crippen LogP contribution in [0.4, 0.5) is 30.7 Å². The molecule has 0 saturated carbocycles. The van der Waals surface area contributed by atoms with Gasteiger partial charge in [-0.3, -0.25) is 4.90 Å². The van der Waals surface area contributed by atoms with Crippen LogP contribution < -0.4 is 0 Å². The van der Waals surface area contributed by atoms with Crippen LogP contribution in [-0.4, -0.2) is 36.6 Å². The molecule has 3 atom stereocenters. The fraction of sp³-hybridized carbons (Fsp3) is 0.500. The molecule has 1 aliphatic rings. The van der Waals surface area contributed by atoms with Crippen LogP contribution in [0.3, 0.4) is 0 Å². The smallest absolute Gasteiger partial charge is 0.375 e.